The van der Waals surface area contributed by atoms with E-state index in [4.69, 9.17) is 21.1 Å². The predicted octanol–water partition coefficient (Wildman–Crippen LogP) is 5.69. The maximum atomic E-state index is 13.3. The van der Waals surface area contributed by atoms with E-state index in [1.807, 2.05) is 0 Å². The standard InChI is InChI=1S/C25H23ClF3NO4/c1-33-21-12-11-20(15-22(21)34-2)30(24(32)23(31)17-5-9-19(26)10-6-17)14-13-16-3-7-18(8-4-16)25(27,28)29/h3-12,15,23,31H,13-14H2,1-2H3. The van der Waals surface area contributed by atoms with Gasteiger partial charge < -0.3 is 19.5 Å². The summed E-state index contributed by atoms with van der Waals surface area (Å²) in [6.07, 6.45) is -5.65. The molecule has 0 bridgehead atoms. The maximum absolute atomic E-state index is 13.3. The molecule has 0 fully saturated rings. The van der Waals surface area contributed by atoms with E-state index in [1.165, 1.54) is 31.3 Å². The zero-order valence-electron chi connectivity index (χ0n) is 18.5. The molecule has 0 aliphatic carbocycles. The van der Waals surface area contributed by atoms with Crippen LogP contribution in [-0.4, -0.2) is 31.8 Å². The summed E-state index contributed by atoms with van der Waals surface area (Å²) in [4.78, 5) is 14.7. The smallest absolute Gasteiger partial charge is 0.416 e. The molecular weight excluding hydrogens is 471 g/mol. The van der Waals surface area contributed by atoms with Crippen LogP contribution in [0.3, 0.4) is 0 Å². The van der Waals surface area contributed by atoms with Gasteiger partial charge in [0.2, 0.25) is 0 Å². The van der Waals surface area contributed by atoms with Crippen molar-refractivity contribution in [3.05, 3.63) is 88.4 Å². The minimum atomic E-state index is -4.43. The van der Waals surface area contributed by atoms with E-state index < -0.39 is 23.8 Å². The summed E-state index contributed by atoms with van der Waals surface area (Å²) in [7, 11) is 2.94. The van der Waals surface area contributed by atoms with Gasteiger partial charge in [0, 0.05) is 23.3 Å². The second kappa shape index (κ2) is 10.8. The van der Waals surface area contributed by atoms with Gasteiger partial charge in [0.05, 0.1) is 19.8 Å². The number of hydrogen-bond acceptors (Lipinski definition) is 4. The highest BCUT2D eigenvalue weighted by Gasteiger charge is 2.30. The van der Waals surface area contributed by atoms with E-state index in [0.29, 0.717) is 33.3 Å². The van der Waals surface area contributed by atoms with E-state index in [9.17, 15) is 23.1 Å². The van der Waals surface area contributed by atoms with Crippen molar-refractivity contribution >= 4 is 23.2 Å². The Morgan fingerprint density at radius 1 is 0.971 bits per heavy atom. The highest BCUT2D eigenvalue weighted by Crippen LogP contribution is 2.33. The highest BCUT2D eigenvalue weighted by atomic mass is 35.5. The summed E-state index contributed by atoms with van der Waals surface area (Å²) < 4.78 is 49.1. The van der Waals surface area contributed by atoms with Gasteiger partial charge >= 0.3 is 6.18 Å². The fraction of sp³-hybridized carbons (Fsp3) is 0.240. The number of amides is 1. The van der Waals surface area contributed by atoms with Crippen LogP contribution in [-0.2, 0) is 17.4 Å². The lowest BCUT2D eigenvalue weighted by molar-refractivity contribution is -0.137. The first-order valence-corrected chi connectivity index (χ1v) is 10.6. The Hall–Kier alpha value is -3.23. The molecule has 0 saturated heterocycles. The summed E-state index contributed by atoms with van der Waals surface area (Å²) in [6, 6.07) is 15.8. The molecule has 9 heteroatoms. The molecule has 34 heavy (non-hydrogen) atoms. The Morgan fingerprint density at radius 3 is 2.15 bits per heavy atom. The number of ether oxygens (including phenoxy) is 2. The van der Waals surface area contributed by atoms with Crippen molar-refractivity contribution < 1.29 is 32.5 Å². The molecule has 5 nitrogen and oxygen atoms in total. The Kier molecular flexibility index (Phi) is 8.06. The summed E-state index contributed by atoms with van der Waals surface area (Å²) >= 11 is 5.90. The fourth-order valence-corrected chi connectivity index (χ4v) is 3.52. The molecule has 0 aliphatic heterocycles. The lowest BCUT2D eigenvalue weighted by atomic mass is 10.1. The van der Waals surface area contributed by atoms with E-state index in [2.05, 4.69) is 0 Å². The summed E-state index contributed by atoms with van der Waals surface area (Å²) in [5.74, 6) is 0.231. The molecular formula is C25H23ClF3NO4. The number of aliphatic hydroxyl groups excluding tert-OH is 1. The molecule has 1 atom stereocenters. The van der Waals surface area contributed by atoms with Crippen LogP contribution in [0.25, 0.3) is 0 Å². The molecule has 180 valence electrons. The number of carbonyl (C=O) groups is 1. The van der Waals surface area contributed by atoms with Crippen LogP contribution in [0, 0.1) is 0 Å². The molecule has 3 aromatic rings. The van der Waals surface area contributed by atoms with E-state index in [0.717, 1.165) is 12.1 Å². The number of rotatable bonds is 8. The molecule has 0 spiro atoms. The Labute approximate surface area is 200 Å². The first-order chi connectivity index (χ1) is 16.1. The summed E-state index contributed by atoms with van der Waals surface area (Å²) in [6.45, 7) is 0.102. The number of benzene rings is 3. The molecule has 0 saturated carbocycles. The van der Waals surface area contributed by atoms with Crippen molar-refractivity contribution in [2.45, 2.75) is 18.7 Å². The lowest BCUT2D eigenvalue weighted by Crippen LogP contribution is -2.37. The normalized spacial score (nSPS) is 12.2. The Bertz CT molecular complexity index is 1120. The zero-order chi connectivity index (χ0) is 24.9. The first kappa shape index (κ1) is 25.4. The van der Waals surface area contributed by atoms with E-state index in [1.54, 1.807) is 42.5 Å². The van der Waals surface area contributed by atoms with E-state index in [-0.39, 0.29) is 13.0 Å². The molecule has 3 rings (SSSR count). The van der Waals surface area contributed by atoms with Gasteiger partial charge in [-0.15, -0.1) is 0 Å². The second-order valence-electron chi connectivity index (χ2n) is 7.43. The second-order valence-corrected chi connectivity index (χ2v) is 7.86. The molecule has 1 unspecified atom stereocenters. The van der Waals surface area contributed by atoms with Gasteiger partial charge in [0.25, 0.3) is 5.91 Å². The van der Waals surface area contributed by atoms with Gasteiger partial charge in [0.1, 0.15) is 0 Å². The molecule has 0 aromatic heterocycles. The average molecular weight is 494 g/mol. The largest absolute Gasteiger partial charge is 0.493 e. The number of alkyl halides is 3. The minimum absolute atomic E-state index is 0.102. The minimum Gasteiger partial charge on any atom is -0.493 e. The quantitative estimate of drug-likeness (QED) is 0.438. The lowest BCUT2D eigenvalue weighted by Gasteiger charge is -2.26. The van der Waals surface area contributed by atoms with Crippen LogP contribution < -0.4 is 14.4 Å². The van der Waals surface area contributed by atoms with Crippen molar-refractivity contribution in [2.24, 2.45) is 0 Å². The van der Waals surface area contributed by atoms with Gasteiger partial charge in [-0.2, -0.15) is 13.2 Å². The van der Waals surface area contributed by atoms with Crippen LogP contribution in [0.5, 0.6) is 11.5 Å². The van der Waals surface area contributed by atoms with Crippen LogP contribution in [0.15, 0.2) is 66.7 Å². The topological polar surface area (TPSA) is 59.0 Å². The van der Waals surface area contributed by atoms with Crippen LogP contribution in [0.4, 0.5) is 18.9 Å². The van der Waals surface area contributed by atoms with Gasteiger partial charge in [0.15, 0.2) is 17.6 Å². The predicted molar refractivity (Wildman–Crippen MR) is 123 cm³/mol. The van der Waals surface area contributed by atoms with Gasteiger partial charge in [-0.25, -0.2) is 0 Å². The molecule has 0 radical (unpaired) electrons. The number of anilines is 1. The fourth-order valence-electron chi connectivity index (χ4n) is 3.40. The Balaban J connectivity index is 1.90. The Morgan fingerprint density at radius 2 is 1.59 bits per heavy atom. The number of hydrogen-bond donors (Lipinski definition) is 1. The third-order valence-corrected chi connectivity index (χ3v) is 5.52. The van der Waals surface area contributed by atoms with Crippen molar-refractivity contribution in [1.29, 1.82) is 0 Å². The van der Waals surface area contributed by atoms with E-state index >= 15 is 0 Å². The van der Waals surface area contributed by atoms with Gasteiger partial charge in [-0.3, -0.25) is 4.79 Å². The zero-order valence-corrected chi connectivity index (χ0v) is 19.2. The number of halogens is 4. The van der Waals surface area contributed by atoms with Gasteiger partial charge in [-0.1, -0.05) is 35.9 Å². The molecule has 0 aliphatic rings. The monoisotopic (exact) mass is 493 g/mol. The number of carbonyl (C=O) groups excluding carboxylic acids is 1. The van der Waals surface area contributed by atoms with Crippen LogP contribution in [0.1, 0.15) is 22.8 Å². The maximum Gasteiger partial charge on any atom is 0.416 e. The van der Waals surface area contributed by atoms with Crippen molar-refractivity contribution in [3.8, 4) is 11.5 Å². The van der Waals surface area contributed by atoms with Crippen LogP contribution in [0.2, 0.25) is 5.02 Å². The summed E-state index contributed by atoms with van der Waals surface area (Å²) in [5, 5.41) is 11.2. The van der Waals surface area contributed by atoms with Crippen molar-refractivity contribution in [3.63, 3.8) is 0 Å². The molecule has 1 amide bonds. The van der Waals surface area contributed by atoms with Gasteiger partial charge in [-0.05, 0) is 53.9 Å². The highest BCUT2D eigenvalue weighted by molar-refractivity contribution is 6.30. The SMILES string of the molecule is COc1ccc(N(CCc2ccc(C(F)(F)F)cc2)C(=O)C(O)c2ccc(Cl)cc2)cc1OC. The number of aliphatic hydroxyl groups is 1. The van der Waals surface area contributed by atoms with Crippen LogP contribution >= 0.6 is 11.6 Å². The van der Waals surface area contributed by atoms with Crippen molar-refractivity contribution in [2.75, 3.05) is 25.7 Å². The first-order valence-electron chi connectivity index (χ1n) is 10.3. The summed E-state index contributed by atoms with van der Waals surface area (Å²) in [5.41, 5.74) is 0.645. The molecule has 0 heterocycles. The average Bonchev–Trinajstić information content (AvgIpc) is 2.83. The third-order valence-electron chi connectivity index (χ3n) is 5.27. The number of methoxy groups -OCH3 is 2. The van der Waals surface area contributed by atoms with Crippen molar-refractivity contribution in [1.82, 2.24) is 0 Å². The third kappa shape index (κ3) is 6.01. The molecule has 1 N–H and O–H groups in total. The molecule has 3 aromatic carbocycles. The number of nitrogens with zero attached hydrogens (tertiary/aromatic N) is 1.